The Kier molecular flexibility index (Phi) is 4.60. The zero-order chi connectivity index (χ0) is 14.5. The van der Waals surface area contributed by atoms with Gasteiger partial charge in [0.1, 0.15) is 11.3 Å². The number of nitrogens with two attached hydrogens (primary N) is 1. The molecule has 1 aromatic carbocycles. The Morgan fingerprint density at radius 3 is 2.16 bits per heavy atom. The molecule has 0 amide bonds. The van der Waals surface area contributed by atoms with Crippen LogP contribution in [-0.4, -0.2) is 33.7 Å². The summed E-state index contributed by atoms with van der Waals surface area (Å²) in [7, 11) is 0. The number of carboxylic acid groups (broad SMARTS) is 2. The van der Waals surface area contributed by atoms with Crippen molar-refractivity contribution in [2.24, 2.45) is 5.73 Å². The molecule has 1 aromatic rings. The molecule has 0 saturated heterocycles. The van der Waals surface area contributed by atoms with Crippen molar-refractivity contribution in [2.45, 2.75) is 18.4 Å². The Balaban J connectivity index is 2.72. The summed E-state index contributed by atoms with van der Waals surface area (Å²) in [6, 6.07) is 7.99. The van der Waals surface area contributed by atoms with Crippen molar-refractivity contribution in [3.05, 3.63) is 30.3 Å². The molecule has 0 fully saturated rings. The number of benzene rings is 1. The predicted octanol–water partition coefficient (Wildman–Crippen LogP) is 0.239. The Labute approximate surface area is 108 Å². The molecule has 1 unspecified atom stereocenters. The zero-order valence-corrected chi connectivity index (χ0v) is 9.91. The normalized spacial score (nSPS) is 13.3. The monoisotopic (exact) mass is 267 g/mol. The minimum atomic E-state index is -2.18. The third-order valence-electron chi connectivity index (χ3n) is 2.33. The van der Waals surface area contributed by atoms with Crippen LogP contribution in [0.1, 0.15) is 12.8 Å². The number of para-hydroxylation sites is 1. The van der Waals surface area contributed by atoms with Crippen molar-refractivity contribution in [3.63, 3.8) is 0 Å². The Bertz CT molecular complexity index is 486. The van der Waals surface area contributed by atoms with Gasteiger partial charge in [-0.05, 0) is 12.1 Å². The lowest BCUT2D eigenvalue weighted by atomic mass is 9.93. The highest BCUT2D eigenvalue weighted by Crippen LogP contribution is 2.16. The quantitative estimate of drug-likeness (QED) is 0.497. The van der Waals surface area contributed by atoms with Gasteiger partial charge in [0.25, 0.3) is 0 Å². The Morgan fingerprint density at radius 2 is 1.68 bits per heavy atom. The van der Waals surface area contributed by atoms with Crippen molar-refractivity contribution >= 4 is 17.9 Å². The van der Waals surface area contributed by atoms with E-state index in [1.165, 1.54) is 12.1 Å². The molecule has 7 heteroatoms. The average Bonchev–Trinajstić information content (AvgIpc) is 2.28. The van der Waals surface area contributed by atoms with E-state index in [1.54, 1.807) is 18.2 Å². The van der Waals surface area contributed by atoms with Crippen molar-refractivity contribution in [3.8, 4) is 5.75 Å². The van der Waals surface area contributed by atoms with Gasteiger partial charge in [-0.1, -0.05) is 18.2 Å². The SMILES string of the molecule is NC(CC(=O)O)(CC(=O)Oc1ccccc1)C(=O)O. The van der Waals surface area contributed by atoms with Crippen molar-refractivity contribution in [2.75, 3.05) is 0 Å². The first kappa shape index (κ1) is 14.7. The van der Waals surface area contributed by atoms with Gasteiger partial charge in [0.15, 0.2) is 0 Å². The molecule has 0 aliphatic heterocycles. The number of ether oxygens (including phenoxy) is 1. The maximum atomic E-state index is 11.6. The summed E-state index contributed by atoms with van der Waals surface area (Å²) in [6.45, 7) is 0. The first-order valence-electron chi connectivity index (χ1n) is 5.33. The molecule has 0 heterocycles. The lowest BCUT2D eigenvalue weighted by Crippen LogP contribution is -2.51. The first-order valence-corrected chi connectivity index (χ1v) is 5.33. The molecule has 19 heavy (non-hydrogen) atoms. The Morgan fingerprint density at radius 1 is 1.11 bits per heavy atom. The molecule has 7 nitrogen and oxygen atoms in total. The lowest BCUT2D eigenvalue weighted by molar-refractivity contribution is -0.153. The van der Waals surface area contributed by atoms with E-state index in [9.17, 15) is 14.4 Å². The molecule has 0 spiro atoms. The number of carboxylic acids is 2. The first-order chi connectivity index (χ1) is 8.83. The van der Waals surface area contributed by atoms with Gasteiger partial charge in [0.05, 0.1) is 12.8 Å². The number of rotatable bonds is 6. The van der Waals surface area contributed by atoms with E-state index in [-0.39, 0.29) is 5.75 Å². The fourth-order valence-corrected chi connectivity index (χ4v) is 1.40. The average molecular weight is 267 g/mol. The maximum absolute atomic E-state index is 11.6. The fraction of sp³-hybridized carbons (Fsp3) is 0.250. The van der Waals surface area contributed by atoms with Gasteiger partial charge in [-0.15, -0.1) is 0 Å². The van der Waals surface area contributed by atoms with Crippen molar-refractivity contribution < 1.29 is 29.3 Å². The molecule has 1 atom stereocenters. The van der Waals surface area contributed by atoms with E-state index >= 15 is 0 Å². The summed E-state index contributed by atoms with van der Waals surface area (Å²) in [6.07, 6.45) is -1.60. The van der Waals surface area contributed by atoms with Crippen LogP contribution in [-0.2, 0) is 14.4 Å². The van der Waals surface area contributed by atoms with E-state index in [0.717, 1.165) is 0 Å². The van der Waals surface area contributed by atoms with Crippen LogP contribution >= 0.6 is 0 Å². The van der Waals surface area contributed by atoms with Gasteiger partial charge in [0.2, 0.25) is 0 Å². The minimum Gasteiger partial charge on any atom is -0.481 e. The van der Waals surface area contributed by atoms with E-state index in [2.05, 4.69) is 0 Å². The van der Waals surface area contributed by atoms with Crippen LogP contribution in [0.5, 0.6) is 5.75 Å². The fourth-order valence-electron chi connectivity index (χ4n) is 1.40. The second-order valence-corrected chi connectivity index (χ2v) is 4.00. The summed E-state index contributed by atoms with van der Waals surface area (Å²) >= 11 is 0. The summed E-state index contributed by atoms with van der Waals surface area (Å²) in [5, 5.41) is 17.5. The lowest BCUT2D eigenvalue weighted by Gasteiger charge is -2.21. The summed E-state index contributed by atoms with van der Waals surface area (Å²) in [4.78, 5) is 33.1. The molecular formula is C12H13NO6. The maximum Gasteiger partial charge on any atom is 0.324 e. The van der Waals surface area contributed by atoms with Crippen LogP contribution in [0.2, 0.25) is 0 Å². The molecule has 102 valence electrons. The van der Waals surface area contributed by atoms with Crippen LogP contribution in [0.3, 0.4) is 0 Å². The van der Waals surface area contributed by atoms with Gasteiger partial charge in [-0.2, -0.15) is 0 Å². The second-order valence-electron chi connectivity index (χ2n) is 4.00. The number of hydrogen-bond acceptors (Lipinski definition) is 5. The van der Waals surface area contributed by atoms with E-state index < -0.39 is 36.3 Å². The van der Waals surface area contributed by atoms with Gasteiger partial charge < -0.3 is 20.7 Å². The number of hydrogen-bond donors (Lipinski definition) is 3. The van der Waals surface area contributed by atoms with Crippen molar-refractivity contribution in [1.82, 2.24) is 0 Å². The van der Waals surface area contributed by atoms with E-state index in [0.29, 0.717) is 0 Å². The minimum absolute atomic E-state index is 0.232. The summed E-state index contributed by atoms with van der Waals surface area (Å²) in [5.41, 5.74) is 3.23. The molecule has 0 radical (unpaired) electrons. The summed E-state index contributed by atoms with van der Waals surface area (Å²) in [5.74, 6) is -3.65. The second kappa shape index (κ2) is 5.96. The Hall–Kier alpha value is -2.41. The topological polar surface area (TPSA) is 127 Å². The standard InChI is InChI=1S/C12H13NO6/c13-12(11(17)18,6-9(14)15)7-10(16)19-8-4-2-1-3-5-8/h1-5H,6-7,13H2,(H,14,15)(H,17,18). The zero-order valence-electron chi connectivity index (χ0n) is 9.91. The largest absolute Gasteiger partial charge is 0.481 e. The third-order valence-corrected chi connectivity index (χ3v) is 2.33. The van der Waals surface area contributed by atoms with Gasteiger partial charge in [-0.25, -0.2) is 0 Å². The highest BCUT2D eigenvalue weighted by molar-refractivity contribution is 5.90. The van der Waals surface area contributed by atoms with Crippen LogP contribution in [0.4, 0.5) is 0 Å². The van der Waals surface area contributed by atoms with E-state index in [1.807, 2.05) is 0 Å². The van der Waals surface area contributed by atoms with Gasteiger partial charge >= 0.3 is 17.9 Å². The highest BCUT2D eigenvalue weighted by Gasteiger charge is 2.39. The van der Waals surface area contributed by atoms with Crippen LogP contribution in [0, 0.1) is 0 Å². The third kappa shape index (κ3) is 4.40. The van der Waals surface area contributed by atoms with Crippen LogP contribution < -0.4 is 10.5 Å². The predicted molar refractivity (Wildman–Crippen MR) is 63.5 cm³/mol. The van der Waals surface area contributed by atoms with Gasteiger partial charge in [0, 0.05) is 0 Å². The molecule has 0 saturated carbocycles. The highest BCUT2D eigenvalue weighted by atomic mass is 16.5. The van der Waals surface area contributed by atoms with E-state index in [4.69, 9.17) is 20.7 Å². The van der Waals surface area contributed by atoms with Crippen molar-refractivity contribution in [1.29, 1.82) is 0 Å². The summed E-state index contributed by atoms with van der Waals surface area (Å²) < 4.78 is 4.87. The number of carbonyl (C=O) groups excluding carboxylic acids is 1. The molecule has 1 rings (SSSR count). The smallest absolute Gasteiger partial charge is 0.324 e. The molecule has 4 N–H and O–H groups in total. The molecular weight excluding hydrogens is 254 g/mol. The molecule has 0 bridgehead atoms. The van der Waals surface area contributed by atoms with Crippen LogP contribution in [0.15, 0.2) is 30.3 Å². The van der Waals surface area contributed by atoms with Gasteiger partial charge in [-0.3, -0.25) is 14.4 Å². The molecule has 0 aromatic heterocycles. The number of carbonyl (C=O) groups is 3. The number of aliphatic carboxylic acids is 2. The molecule has 0 aliphatic carbocycles. The molecule has 0 aliphatic rings. The number of esters is 1. The van der Waals surface area contributed by atoms with Crippen LogP contribution in [0.25, 0.3) is 0 Å².